The van der Waals surface area contributed by atoms with E-state index < -0.39 is 12.1 Å². The van der Waals surface area contributed by atoms with Gasteiger partial charge in [0.1, 0.15) is 17.7 Å². The van der Waals surface area contributed by atoms with Crippen LogP contribution in [0.3, 0.4) is 0 Å². The Balaban J connectivity index is 1.63. The molecule has 1 N–H and O–H groups in total. The number of furan rings is 1. The summed E-state index contributed by atoms with van der Waals surface area (Å²) in [4.78, 5) is 33.6. The van der Waals surface area contributed by atoms with Crippen molar-refractivity contribution in [3.8, 4) is 0 Å². The van der Waals surface area contributed by atoms with Crippen molar-refractivity contribution in [3.63, 3.8) is 0 Å². The number of fused-ring (bicyclic) bond motifs is 5. The minimum absolute atomic E-state index is 0.00702. The summed E-state index contributed by atoms with van der Waals surface area (Å²) >= 11 is 0. The highest BCUT2D eigenvalue weighted by Crippen LogP contribution is 2.43. The molecule has 150 valence electrons. The summed E-state index contributed by atoms with van der Waals surface area (Å²) in [5.41, 5.74) is 4.91. The molecule has 1 unspecified atom stereocenters. The molecular formula is C24H21N3O3. The first kappa shape index (κ1) is 17.3. The van der Waals surface area contributed by atoms with E-state index in [0.29, 0.717) is 6.42 Å². The molecule has 2 aromatic heterocycles. The van der Waals surface area contributed by atoms with Crippen LogP contribution in [0.2, 0.25) is 0 Å². The van der Waals surface area contributed by atoms with Crippen LogP contribution in [0, 0.1) is 0 Å². The van der Waals surface area contributed by atoms with Gasteiger partial charge in [0.05, 0.1) is 12.3 Å². The molecule has 0 radical (unpaired) electrons. The molecule has 30 heavy (non-hydrogen) atoms. The van der Waals surface area contributed by atoms with Gasteiger partial charge in [0.2, 0.25) is 11.8 Å². The van der Waals surface area contributed by atoms with Crippen LogP contribution in [-0.2, 0) is 16.0 Å². The molecule has 4 aromatic rings. The van der Waals surface area contributed by atoms with Crippen molar-refractivity contribution in [2.24, 2.45) is 0 Å². The molecule has 2 aromatic carbocycles. The number of para-hydroxylation sites is 1. The smallest absolute Gasteiger partial charge is 0.246 e. The molecule has 0 aliphatic carbocycles. The maximum Gasteiger partial charge on any atom is 0.246 e. The van der Waals surface area contributed by atoms with Gasteiger partial charge in [0.25, 0.3) is 0 Å². The number of hydrogen-bond donors (Lipinski definition) is 1. The van der Waals surface area contributed by atoms with Crippen molar-refractivity contribution < 1.29 is 14.0 Å². The molecule has 6 nitrogen and oxygen atoms in total. The summed E-state index contributed by atoms with van der Waals surface area (Å²) in [5.74, 6) is -0.0314. The molecule has 2 aliphatic rings. The summed E-state index contributed by atoms with van der Waals surface area (Å²) in [6, 6.07) is 14.7. The number of nitrogens with zero attached hydrogens (tertiary/aromatic N) is 2. The Bertz CT molecular complexity index is 1330. The van der Waals surface area contributed by atoms with Crippen LogP contribution in [-0.4, -0.2) is 45.7 Å². The number of likely N-dealkylation sites (N-methyl/N-ethyl adjacent to an activating group) is 1. The fraction of sp³-hybridized carbons (Fsp3) is 0.250. The quantitative estimate of drug-likeness (QED) is 0.532. The van der Waals surface area contributed by atoms with Gasteiger partial charge in [-0.05, 0) is 42.3 Å². The van der Waals surface area contributed by atoms with E-state index in [4.69, 9.17) is 4.42 Å². The summed E-state index contributed by atoms with van der Waals surface area (Å²) in [5, 5.41) is 2.09. The Morgan fingerprint density at radius 1 is 1.07 bits per heavy atom. The van der Waals surface area contributed by atoms with Gasteiger partial charge in [0, 0.05) is 35.5 Å². The normalized spacial score (nSPS) is 23.9. The summed E-state index contributed by atoms with van der Waals surface area (Å²) in [6.45, 7) is 1.80. The van der Waals surface area contributed by atoms with Gasteiger partial charge in [0.15, 0.2) is 0 Å². The monoisotopic (exact) mass is 399 g/mol. The van der Waals surface area contributed by atoms with Crippen LogP contribution in [0.25, 0.3) is 21.9 Å². The average Bonchev–Trinajstić information content (AvgIpc) is 3.38. The highest BCUT2D eigenvalue weighted by atomic mass is 16.3. The Kier molecular flexibility index (Phi) is 3.46. The van der Waals surface area contributed by atoms with Crippen LogP contribution in [0.15, 0.2) is 59.2 Å². The number of carbonyl (C=O) groups is 2. The number of benzene rings is 2. The number of aromatic amines is 1. The van der Waals surface area contributed by atoms with Gasteiger partial charge in [-0.1, -0.05) is 24.3 Å². The van der Waals surface area contributed by atoms with E-state index in [1.807, 2.05) is 36.4 Å². The molecule has 6 heteroatoms. The van der Waals surface area contributed by atoms with E-state index in [2.05, 4.69) is 17.1 Å². The van der Waals surface area contributed by atoms with Gasteiger partial charge in [-0.25, -0.2) is 0 Å². The van der Waals surface area contributed by atoms with Crippen molar-refractivity contribution in [1.29, 1.82) is 0 Å². The second-order valence-corrected chi connectivity index (χ2v) is 8.27. The fourth-order valence-electron chi connectivity index (χ4n) is 5.06. The maximum atomic E-state index is 13.4. The van der Waals surface area contributed by atoms with Gasteiger partial charge < -0.3 is 19.2 Å². The largest absolute Gasteiger partial charge is 0.464 e. The number of piperazine rings is 1. The van der Waals surface area contributed by atoms with Crippen molar-refractivity contribution in [1.82, 2.24) is 14.8 Å². The third kappa shape index (κ3) is 2.19. The second-order valence-electron chi connectivity index (χ2n) is 8.27. The van der Waals surface area contributed by atoms with Crippen molar-refractivity contribution in [3.05, 3.63) is 71.6 Å². The first-order valence-corrected chi connectivity index (χ1v) is 10.2. The van der Waals surface area contributed by atoms with Gasteiger partial charge >= 0.3 is 0 Å². The number of rotatable bonds is 1. The van der Waals surface area contributed by atoms with Crippen LogP contribution in [0.5, 0.6) is 0 Å². The Morgan fingerprint density at radius 2 is 1.90 bits per heavy atom. The summed E-state index contributed by atoms with van der Waals surface area (Å²) < 4.78 is 5.50. The molecule has 2 aliphatic heterocycles. The van der Waals surface area contributed by atoms with Crippen LogP contribution < -0.4 is 0 Å². The third-order valence-corrected chi connectivity index (χ3v) is 6.75. The van der Waals surface area contributed by atoms with Crippen molar-refractivity contribution >= 4 is 33.7 Å². The number of aromatic nitrogens is 1. The molecule has 4 heterocycles. The van der Waals surface area contributed by atoms with E-state index in [0.717, 1.165) is 38.7 Å². The highest BCUT2D eigenvalue weighted by Gasteiger charge is 2.50. The molecular weight excluding hydrogens is 378 g/mol. The number of carbonyl (C=O) groups excluding carboxylic acids is 2. The SMILES string of the molecule is CC1C(=O)N2[C@H](c3ccc4occc4c3)c3[nH]c4ccccc4c3C[C@@H]2C(=O)N1C. The van der Waals surface area contributed by atoms with Crippen molar-refractivity contribution in [2.75, 3.05) is 7.05 Å². The number of nitrogens with one attached hydrogen (secondary N) is 1. The molecule has 0 bridgehead atoms. The minimum atomic E-state index is -0.504. The molecule has 6 rings (SSSR count). The van der Waals surface area contributed by atoms with E-state index in [-0.39, 0.29) is 17.9 Å². The lowest BCUT2D eigenvalue weighted by molar-refractivity contribution is -0.162. The minimum Gasteiger partial charge on any atom is -0.464 e. The number of hydrogen-bond acceptors (Lipinski definition) is 3. The Labute approximate surface area is 173 Å². The molecule has 2 amide bonds. The fourth-order valence-corrected chi connectivity index (χ4v) is 5.06. The predicted octanol–water partition coefficient (Wildman–Crippen LogP) is 3.62. The molecule has 1 fully saturated rings. The van der Waals surface area contributed by atoms with Gasteiger partial charge in [-0.15, -0.1) is 0 Å². The Morgan fingerprint density at radius 3 is 2.77 bits per heavy atom. The van der Waals surface area contributed by atoms with Gasteiger partial charge in [-0.3, -0.25) is 9.59 Å². The van der Waals surface area contributed by atoms with Gasteiger partial charge in [-0.2, -0.15) is 0 Å². The van der Waals surface area contributed by atoms with Crippen molar-refractivity contribution in [2.45, 2.75) is 31.5 Å². The zero-order chi connectivity index (χ0) is 20.6. The second kappa shape index (κ2) is 5.98. The molecule has 0 spiro atoms. The van der Waals surface area contributed by atoms with Crippen LogP contribution in [0.4, 0.5) is 0 Å². The lowest BCUT2D eigenvalue weighted by Crippen LogP contribution is -2.65. The zero-order valence-electron chi connectivity index (χ0n) is 16.8. The standard InChI is InChI=1S/C24H21N3O3/c1-13-23(28)27-19(24(29)26(13)2)12-17-16-5-3-4-6-18(16)25-21(17)22(27)15-7-8-20-14(11-15)9-10-30-20/h3-11,13,19,22,25H,12H2,1-2H3/t13?,19-,22-/m1/s1. The van der Waals surface area contributed by atoms with E-state index in [1.165, 1.54) is 0 Å². The maximum absolute atomic E-state index is 13.4. The lowest BCUT2D eigenvalue weighted by atomic mass is 9.85. The molecule has 3 atom stereocenters. The van der Waals surface area contributed by atoms with Crippen LogP contribution in [0.1, 0.15) is 29.8 Å². The Hall–Kier alpha value is -3.54. The van der Waals surface area contributed by atoms with E-state index >= 15 is 0 Å². The van der Waals surface area contributed by atoms with E-state index in [1.54, 1.807) is 30.0 Å². The number of H-pyrrole nitrogens is 1. The first-order valence-electron chi connectivity index (χ1n) is 10.2. The summed E-state index contributed by atoms with van der Waals surface area (Å²) in [6.07, 6.45) is 2.19. The highest BCUT2D eigenvalue weighted by molar-refractivity contribution is 5.99. The zero-order valence-corrected chi connectivity index (χ0v) is 16.8. The lowest BCUT2D eigenvalue weighted by Gasteiger charge is -2.48. The average molecular weight is 399 g/mol. The first-order chi connectivity index (χ1) is 14.5. The molecule has 1 saturated heterocycles. The topological polar surface area (TPSA) is 69.5 Å². The summed E-state index contributed by atoms with van der Waals surface area (Å²) in [7, 11) is 1.72. The van der Waals surface area contributed by atoms with E-state index in [9.17, 15) is 9.59 Å². The third-order valence-electron chi connectivity index (χ3n) is 6.75. The molecule has 0 saturated carbocycles. The number of amides is 2. The van der Waals surface area contributed by atoms with Crippen LogP contribution >= 0.6 is 0 Å². The predicted molar refractivity (Wildman–Crippen MR) is 113 cm³/mol.